The summed E-state index contributed by atoms with van der Waals surface area (Å²) in [7, 11) is 4.99. The van der Waals surface area contributed by atoms with Crippen molar-refractivity contribution >= 4 is 38.0 Å². The first-order valence-electron chi connectivity index (χ1n) is 9.16. The minimum Gasteiger partial charge on any atom is -0.381 e. The molecule has 2 rings (SSSR count). The second-order valence-corrected chi connectivity index (χ2v) is 11.4. The molecule has 0 radical (unpaired) electrons. The third kappa shape index (κ3) is 6.33. The Balaban J connectivity index is 1.95. The predicted molar refractivity (Wildman–Crippen MR) is 110 cm³/mol. The van der Waals surface area contributed by atoms with E-state index < -0.39 is 8.53 Å². The quantitative estimate of drug-likeness (QED) is 0.353. The van der Waals surface area contributed by atoms with E-state index in [0.717, 1.165) is 18.6 Å². The van der Waals surface area contributed by atoms with E-state index in [2.05, 4.69) is 47.1 Å². The highest BCUT2D eigenvalue weighted by Gasteiger charge is 2.34. The van der Waals surface area contributed by atoms with Crippen LogP contribution in [0.2, 0.25) is 0 Å². The molecule has 4 nitrogen and oxygen atoms in total. The molecule has 5 atom stereocenters. The Morgan fingerprint density at radius 3 is 2.46 bits per heavy atom. The highest BCUT2D eigenvalue weighted by atomic mass is 33.1. The third-order valence-electron chi connectivity index (χ3n) is 4.56. The lowest BCUT2D eigenvalue weighted by Crippen LogP contribution is -2.35. The molecule has 0 spiro atoms. The van der Waals surface area contributed by atoms with Crippen molar-refractivity contribution in [3.8, 4) is 0 Å². The van der Waals surface area contributed by atoms with E-state index in [-0.39, 0.29) is 6.10 Å². The fourth-order valence-electron chi connectivity index (χ4n) is 3.14. The molecular weight excluding hydrogens is 360 g/mol. The van der Waals surface area contributed by atoms with Crippen LogP contribution in [0.3, 0.4) is 0 Å². The number of nitrogens with zero attached hydrogens (tertiary/aromatic N) is 1. The summed E-state index contributed by atoms with van der Waals surface area (Å²) < 4.78 is 21.2. The topological polar surface area (TPSA) is 30.9 Å². The van der Waals surface area contributed by atoms with Gasteiger partial charge in [0.1, 0.15) is 7.85 Å². The minimum atomic E-state index is -1.04. The fraction of sp³-hybridized carbons (Fsp3) is 1.00. The van der Waals surface area contributed by atoms with Crippen LogP contribution in [0.1, 0.15) is 47.5 Å². The van der Waals surface area contributed by atoms with Crippen LogP contribution in [0.15, 0.2) is 0 Å². The largest absolute Gasteiger partial charge is 0.381 e. The van der Waals surface area contributed by atoms with E-state index in [0.29, 0.717) is 36.7 Å². The van der Waals surface area contributed by atoms with Gasteiger partial charge >= 0.3 is 0 Å². The van der Waals surface area contributed by atoms with Crippen LogP contribution >= 0.6 is 30.1 Å². The van der Waals surface area contributed by atoms with Crippen molar-refractivity contribution in [1.82, 2.24) is 4.67 Å². The predicted octanol–water partition coefficient (Wildman–Crippen LogP) is 3.90. The van der Waals surface area contributed by atoms with Gasteiger partial charge in [-0.15, -0.1) is 0 Å². The van der Waals surface area contributed by atoms with Gasteiger partial charge in [-0.1, -0.05) is 28.5 Å². The number of rotatable bonds is 8. The molecule has 0 aromatic heterocycles. The number of ether oxygens (including phenoxy) is 1. The van der Waals surface area contributed by atoms with Crippen molar-refractivity contribution in [2.24, 2.45) is 5.92 Å². The second kappa shape index (κ2) is 10.4. The summed E-state index contributed by atoms with van der Waals surface area (Å²) in [6, 6.07) is 1.15. The first kappa shape index (κ1) is 21.3. The van der Waals surface area contributed by atoms with Gasteiger partial charge < -0.3 is 13.8 Å². The lowest BCUT2D eigenvalue weighted by Gasteiger charge is -2.38. The molecule has 0 bridgehead atoms. The summed E-state index contributed by atoms with van der Waals surface area (Å²) in [6.07, 6.45) is 2.73. The van der Waals surface area contributed by atoms with Crippen LogP contribution in [0.25, 0.3) is 0 Å². The summed E-state index contributed by atoms with van der Waals surface area (Å²) in [5, 5.41) is 0. The van der Waals surface area contributed by atoms with E-state index in [1.54, 1.807) is 0 Å². The summed E-state index contributed by atoms with van der Waals surface area (Å²) in [5.41, 5.74) is 0. The molecule has 8 heteroatoms. The Bertz CT molecular complexity index is 357. The highest BCUT2D eigenvalue weighted by molar-refractivity contribution is 8.76. The third-order valence-corrected chi connectivity index (χ3v) is 9.19. The smallest absolute Gasteiger partial charge is 0.259 e. The van der Waals surface area contributed by atoms with Crippen LogP contribution in [0.4, 0.5) is 0 Å². The molecule has 2 aliphatic rings. The monoisotopic (exact) mass is 393 g/mol. The van der Waals surface area contributed by atoms with Gasteiger partial charge in [0.15, 0.2) is 0 Å². The summed E-state index contributed by atoms with van der Waals surface area (Å²) in [6.45, 7) is 11.8. The normalized spacial score (nSPS) is 32.8. The van der Waals surface area contributed by atoms with Crippen molar-refractivity contribution in [3.05, 3.63) is 0 Å². The van der Waals surface area contributed by atoms with Crippen molar-refractivity contribution in [1.29, 1.82) is 0 Å². The Kier molecular flexibility index (Phi) is 9.24. The second-order valence-electron chi connectivity index (χ2n) is 7.40. The van der Waals surface area contributed by atoms with Crippen LogP contribution in [0.5, 0.6) is 0 Å². The molecule has 24 heavy (non-hydrogen) atoms. The molecule has 0 aliphatic carbocycles. The molecular formula is C16H33BNO3PS2. The van der Waals surface area contributed by atoms with Crippen molar-refractivity contribution in [3.63, 3.8) is 0 Å². The van der Waals surface area contributed by atoms with Crippen LogP contribution < -0.4 is 0 Å². The van der Waals surface area contributed by atoms with Crippen LogP contribution in [0, 0.1) is 5.92 Å². The standard InChI is InChI=1S/C16H33BNO3PS2/c1-11(2)18(12(3)4)22(21-14-6-7-23-24-10-14)19-9-15-8-13(5)16(17)20-15/h11-16H,6-10,17H2,1-5H3/t13-,14+,15?,16+,22?/m0/s1. The van der Waals surface area contributed by atoms with E-state index in [4.69, 9.17) is 13.8 Å². The molecule has 140 valence electrons. The van der Waals surface area contributed by atoms with E-state index in [1.165, 1.54) is 5.75 Å². The van der Waals surface area contributed by atoms with E-state index in [1.807, 2.05) is 21.6 Å². The Labute approximate surface area is 158 Å². The first-order chi connectivity index (χ1) is 11.4. The number of hydrogen-bond donors (Lipinski definition) is 0. The van der Waals surface area contributed by atoms with Crippen LogP contribution in [-0.4, -0.2) is 60.9 Å². The minimum absolute atomic E-state index is 0.209. The molecule has 0 saturated carbocycles. The van der Waals surface area contributed by atoms with Gasteiger partial charge in [0.25, 0.3) is 8.53 Å². The molecule has 2 heterocycles. The van der Waals surface area contributed by atoms with Gasteiger partial charge in [-0.2, -0.15) is 0 Å². The lowest BCUT2D eigenvalue weighted by molar-refractivity contribution is 0.0375. The first-order valence-corrected chi connectivity index (χ1v) is 12.8. The van der Waals surface area contributed by atoms with Crippen LogP contribution in [-0.2, 0) is 13.8 Å². The molecule has 2 unspecified atom stereocenters. The Morgan fingerprint density at radius 1 is 1.25 bits per heavy atom. The van der Waals surface area contributed by atoms with Crippen molar-refractivity contribution in [2.45, 2.75) is 77.8 Å². The van der Waals surface area contributed by atoms with E-state index in [9.17, 15) is 0 Å². The molecule has 0 N–H and O–H groups in total. The maximum Gasteiger partial charge on any atom is 0.259 e. The zero-order valence-corrected chi connectivity index (χ0v) is 18.5. The molecule has 2 fully saturated rings. The molecule has 2 saturated heterocycles. The zero-order chi connectivity index (χ0) is 17.7. The van der Waals surface area contributed by atoms with Gasteiger partial charge in [-0.3, -0.25) is 0 Å². The summed E-state index contributed by atoms with van der Waals surface area (Å²) in [4.78, 5) is 0. The molecule has 2 aliphatic heterocycles. The van der Waals surface area contributed by atoms with Gasteiger partial charge in [-0.25, -0.2) is 4.67 Å². The maximum atomic E-state index is 6.47. The summed E-state index contributed by atoms with van der Waals surface area (Å²) >= 11 is 0. The van der Waals surface area contributed by atoms with E-state index >= 15 is 0 Å². The summed E-state index contributed by atoms with van der Waals surface area (Å²) in [5.74, 6) is 2.84. The maximum absolute atomic E-state index is 6.47. The Hall–Kier alpha value is 1.03. The Morgan fingerprint density at radius 2 is 1.96 bits per heavy atom. The average molecular weight is 393 g/mol. The number of hydrogen-bond acceptors (Lipinski definition) is 6. The lowest BCUT2D eigenvalue weighted by atomic mass is 9.88. The van der Waals surface area contributed by atoms with Gasteiger partial charge in [0.05, 0.1) is 18.8 Å². The zero-order valence-electron chi connectivity index (χ0n) is 15.9. The highest BCUT2D eigenvalue weighted by Crippen LogP contribution is 2.49. The van der Waals surface area contributed by atoms with Gasteiger partial charge in [0.2, 0.25) is 0 Å². The molecule has 0 aromatic carbocycles. The molecule has 0 aromatic rings. The van der Waals surface area contributed by atoms with Gasteiger partial charge in [0, 0.05) is 29.6 Å². The van der Waals surface area contributed by atoms with Crippen molar-refractivity contribution < 1.29 is 13.8 Å². The molecule has 0 amide bonds. The SMILES string of the molecule is B[C@@H]1OC(COP(O[C@@H]2CCSSC2)N(C(C)C)C(C)C)C[C@@H]1C. The van der Waals surface area contributed by atoms with Crippen molar-refractivity contribution in [2.75, 3.05) is 18.1 Å². The average Bonchev–Trinajstić information content (AvgIpc) is 2.83. The van der Waals surface area contributed by atoms with Gasteiger partial charge in [-0.05, 0) is 46.5 Å². The fourth-order valence-corrected chi connectivity index (χ4v) is 7.37.